The number of hydrogen-bond donors (Lipinski definition) is 1. The molecule has 1 aromatic heterocycles. The molecule has 6 heteroatoms. The molecular formula is C11H16ClN3O2. The van der Waals surface area contributed by atoms with Crippen molar-refractivity contribution in [2.24, 2.45) is 0 Å². The average molecular weight is 258 g/mol. The summed E-state index contributed by atoms with van der Waals surface area (Å²) in [6.07, 6.45) is 0. The number of aromatic carboxylic acids is 1. The van der Waals surface area contributed by atoms with Crippen LogP contribution in [0.4, 0.5) is 5.82 Å². The summed E-state index contributed by atoms with van der Waals surface area (Å²) in [6, 6.07) is 2.86. The first kappa shape index (κ1) is 13.7. The summed E-state index contributed by atoms with van der Waals surface area (Å²) in [6.45, 7) is 1.60. The number of nitrogens with zero attached hydrogens (tertiary/aromatic N) is 3. The van der Waals surface area contributed by atoms with E-state index in [1.807, 2.05) is 30.9 Å². The zero-order valence-electron chi connectivity index (χ0n) is 10.1. The van der Waals surface area contributed by atoms with E-state index in [9.17, 15) is 4.79 Å². The third-order valence-corrected chi connectivity index (χ3v) is 2.49. The van der Waals surface area contributed by atoms with Crippen LogP contribution in [0.1, 0.15) is 10.4 Å². The summed E-state index contributed by atoms with van der Waals surface area (Å²) in [7, 11) is 5.80. The highest BCUT2D eigenvalue weighted by molar-refractivity contribution is 6.29. The summed E-state index contributed by atoms with van der Waals surface area (Å²) >= 11 is 5.79. The Morgan fingerprint density at radius 3 is 2.53 bits per heavy atom. The highest BCUT2D eigenvalue weighted by Gasteiger charge is 2.10. The van der Waals surface area contributed by atoms with Crippen LogP contribution in [-0.2, 0) is 0 Å². The minimum absolute atomic E-state index is 0.150. The number of likely N-dealkylation sites (N-methyl/N-ethyl adjacent to an activating group) is 2. The first-order chi connectivity index (χ1) is 7.90. The van der Waals surface area contributed by atoms with Crippen LogP contribution < -0.4 is 4.90 Å². The second-order valence-corrected chi connectivity index (χ2v) is 4.45. The van der Waals surface area contributed by atoms with Gasteiger partial charge in [0.2, 0.25) is 0 Å². The average Bonchev–Trinajstić information content (AvgIpc) is 2.24. The Morgan fingerprint density at radius 2 is 2.00 bits per heavy atom. The Hall–Kier alpha value is -1.33. The lowest BCUT2D eigenvalue weighted by Gasteiger charge is -2.20. The molecule has 1 heterocycles. The van der Waals surface area contributed by atoms with Gasteiger partial charge in [-0.25, -0.2) is 9.78 Å². The molecule has 0 fully saturated rings. The minimum Gasteiger partial charge on any atom is -0.478 e. The minimum atomic E-state index is -1.00. The lowest BCUT2D eigenvalue weighted by Crippen LogP contribution is -2.29. The molecule has 0 aliphatic carbocycles. The highest BCUT2D eigenvalue weighted by Crippen LogP contribution is 2.17. The largest absolute Gasteiger partial charge is 0.478 e. The SMILES string of the molecule is CN(C)CCN(C)c1cc(C(=O)O)cc(Cl)n1. The molecule has 0 aliphatic heterocycles. The van der Waals surface area contributed by atoms with Crippen LogP contribution >= 0.6 is 11.6 Å². The van der Waals surface area contributed by atoms with Crippen molar-refractivity contribution >= 4 is 23.4 Å². The second kappa shape index (κ2) is 5.84. The topological polar surface area (TPSA) is 56.7 Å². The standard InChI is InChI=1S/C11H16ClN3O2/c1-14(2)4-5-15(3)10-7-8(11(16)17)6-9(12)13-10/h6-7H,4-5H2,1-3H3,(H,16,17). The number of carbonyl (C=O) groups is 1. The fourth-order valence-corrected chi connectivity index (χ4v) is 1.47. The van der Waals surface area contributed by atoms with Gasteiger partial charge in [0.05, 0.1) is 5.56 Å². The summed E-state index contributed by atoms with van der Waals surface area (Å²) in [5, 5.41) is 9.11. The number of pyridine rings is 1. The molecule has 0 bridgehead atoms. The molecule has 1 rings (SSSR count). The van der Waals surface area contributed by atoms with E-state index in [2.05, 4.69) is 4.98 Å². The van der Waals surface area contributed by atoms with Crippen LogP contribution in [0.2, 0.25) is 5.15 Å². The Bertz CT molecular complexity index is 410. The third kappa shape index (κ3) is 4.20. The fraction of sp³-hybridized carbons (Fsp3) is 0.455. The monoisotopic (exact) mass is 257 g/mol. The number of carboxylic acid groups (broad SMARTS) is 1. The van der Waals surface area contributed by atoms with Gasteiger partial charge in [-0.1, -0.05) is 11.6 Å². The van der Waals surface area contributed by atoms with Crippen molar-refractivity contribution < 1.29 is 9.90 Å². The molecule has 0 unspecified atom stereocenters. The van der Waals surface area contributed by atoms with E-state index in [1.165, 1.54) is 12.1 Å². The first-order valence-electron chi connectivity index (χ1n) is 5.17. The predicted molar refractivity (Wildman–Crippen MR) is 68.0 cm³/mol. The number of rotatable bonds is 5. The lowest BCUT2D eigenvalue weighted by atomic mass is 10.2. The van der Waals surface area contributed by atoms with Gasteiger partial charge in [-0.3, -0.25) is 0 Å². The molecule has 0 saturated heterocycles. The Morgan fingerprint density at radius 1 is 1.35 bits per heavy atom. The predicted octanol–water partition coefficient (Wildman–Crippen LogP) is 1.43. The van der Waals surface area contributed by atoms with Crippen LogP contribution in [0.5, 0.6) is 0 Å². The molecule has 0 amide bonds. The lowest BCUT2D eigenvalue weighted by molar-refractivity contribution is 0.0697. The van der Waals surface area contributed by atoms with Crippen molar-refractivity contribution in [1.82, 2.24) is 9.88 Å². The van der Waals surface area contributed by atoms with Crippen molar-refractivity contribution in [1.29, 1.82) is 0 Å². The van der Waals surface area contributed by atoms with Crippen molar-refractivity contribution in [3.8, 4) is 0 Å². The van der Waals surface area contributed by atoms with E-state index < -0.39 is 5.97 Å². The van der Waals surface area contributed by atoms with Gasteiger partial charge in [0.1, 0.15) is 11.0 Å². The third-order valence-electron chi connectivity index (χ3n) is 2.30. The molecule has 0 saturated carbocycles. The summed E-state index contributed by atoms with van der Waals surface area (Å²) < 4.78 is 0. The smallest absolute Gasteiger partial charge is 0.335 e. The van der Waals surface area contributed by atoms with Crippen LogP contribution in [-0.4, -0.2) is 55.2 Å². The summed E-state index contributed by atoms with van der Waals surface area (Å²) in [4.78, 5) is 18.9. The maximum Gasteiger partial charge on any atom is 0.335 e. The number of aromatic nitrogens is 1. The van der Waals surface area contributed by atoms with Gasteiger partial charge in [0.25, 0.3) is 0 Å². The molecule has 5 nitrogen and oxygen atoms in total. The van der Waals surface area contributed by atoms with Crippen LogP contribution in [0, 0.1) is 0 Å². The molecule has 17 heavy (non-hydrogen) atoms. The molecule has 0 aromatic carbocycles. The summed E-state index contributed by atoms with van der Waals surface area (Å²) in [5.74, 6) is -0.437. The van der Waals surface area contributed by atoms with Crippen LogP contribution in [0.15, 0.2) is 12.1 Å². The normalized spacial score (nSPS) is 10.6. The fourth-order valence-electron chi connectivity index (χ4n) is 1.27. The van der Waals surface area contributed by atoms with Gasteiger partial charge in [-0.05, 0) is 26.2 Å². The zero-order chi connectivity index (χ0) is 13.0. The van der Waals surface area contributed by atoms with Gasteiger partial charge in [-0.15, -0.1) is 0 Å². The van der Waals surface area contributed by atoms with Crippen molar-refractivity contribution in [2.45, 2.75) is 0 Å². The van der Waals surface area contributed by atoms with E-state index in [4.69, 9.17) is 16.7 Å². The van der Waals surface area contributed by atoms with E-state index in [-0.39, 0.29) is 10.7 Å². The van der Waals surface area contributed by atoms with Crippen LogP contribution in [0.3, 0.4) is 0 Å². The zero-order valence-corrected chi connectivity index (χ0v) is 10.9. The maximum atomic E-state index is 10.9. The van der Waals surface area contributed by atoms with Gasteiger partial charge in [-0.2, -0.15) is 0 Å². The summed E-state index contributed by atoms with van der Waals surface area (Å²) in [5.41, 5.74) is 0.150. The molecule has 94 valence electrons. The Balaban J connectivity index is 2.86. The van der Waals surface area contributed by atoms with E-state index >= 15 is 0 Å². The quantitative estimate of drug-likeness (QED) is 0.809. The molecule has 1 aromatic rings. The Kier molecular flexibility index (Phi) is 4.72. The Labute approximate surface area is 106 Å². The molecule has 0 atom stereocenters. The molecule has 0 radical (unpaired) electrons. The number of carboxylic acids is 1. The highest BCUT2D eigenvalue weighted by atomic mass is 35.5. The van der Waals surface area contributed by atoms with Crippen LogP contribution in [0.25, 0.3) is 0 Å². The van der Waals surface area contributed by atoms with Crippen molar-refractivity contribution in [3.05, 3.63) is 22.8 Å². The van der Waals surface area contributed by atoms with Crippen molar-refractivity contribution in [2.75, 3.05) is 39.1 Å². The van der Waals surface area contributed by atoms with E-state index in [0.29, 0.717) is 5.82 Å². The van der Waals surface area contributed by atoms with E-state index in [0.717, 1.165) is 13.1 Å². The van der Waals surface area contributed by atoms with Gasteiger partial charge in [0.15, 0.2) is 0 Å². The van der Waals surface area contributed by atoms with Gasteiger partial charge >= 0.3 is 5.97 Å². The number of anilines is 1. The molecule has 1 N–H and O–H groups in total. The molecule has 0 spiro atoms. The maximum absolute atomic E-state index is 10.9. The number of hydrogen-bond acceptors (Lipinski definition) is 4. The number of halogens is 1. The van der Waals surface area contributed by atoms with Gasteiger partial charge < -0.3 is 14.9 Å². The first-order valence-corrected chi connectivity index (χ1v) is 5.54. The molecule has 0 aliphatic rings. The van der Waals surface area contributed by atoms with Crippen molar-refractivity contribution in [3.63, 3.8) is 0 Å². The van der Waals surface area contributed by atoms with E-state index in [1.54, 1.807) is 0 Å². The second-order valence-electron chi connectivity index (χ2n) is 4.07. The van der Waals surface area contributed by atoms with Gasteiger partial charge in [0, 0.05) is 20.1 Å². The molecular weight excluding hydrogens is 242 g/mol.